The number of hydrogen-bond acceptors (Lipinski definition) is 3. The van der Waals surface area contributed by atoms with Crippen molar-refractivity contribution >= 4 is 0 Å². The summed E-state index contributed by atoms with van der Waals surface area (Å²) in [7, 11) is 0. The Morgan fingerprint density at radius 2 is 2.58 bits per heavy atom. The minimum atomic E-state index is 0.520. The molecule has 1 unspecified atom stereocenters. The first-order valence-electron chi connectivity index (χ1n) is 4.29. The normalized spacial score (nSPS) is 20.9. The van der Waals surface area contributed by atoms with Crippen LogP contribution in [0.3, 0.4) is 0 Å². The standard InChI is InChI=1S/C9H13N3/c10-12-6-8-4-3-7-2-1-5-11-9(7)8/h1-2,5,8,12H,3-4,6,10H2. The molecule has 3 nitrogen and oxygen atoms in total. The topological polar surface area (TPSA) is 50.9 Å². The van der Waals surface area contributed by atoms with E-state index in [1.165, 1.54) is 17.7 Å². The molecule has 1 aromatic rings. The summed E-state index contributed by atoms with van der Waals surface area (Å²) in [6, 6.07) is 4.15. The lowest BCUT2D eigenvalue weighted by Crippen LogP contribution is -2.27. The summed E-state index contributed by atoms with van der Waals surface area (Å²) < 4.78 is 0. The summed E-state index contributed by atoms with van der Waals surface area (Å²) in [6.07, 6.45) is 4.18. The third kappa shape index (κ3) is 1.21. The van der Waals surface area contributed by atoms with Crippen LogP contribution in [0.15, 0.2) is 18.3 Å². The van der Waals surface area contributed by atoms with Gasteiger partial charge in [-0.2, -0.15) is 0 Å². The van der Waals surface area contributed by atoms with Gasteiger partial charge in [0, 0.05) is 24.4 Å². The summed E-state index contributed by atoms with van der Waals surface area (Å²) in [4.78, 5) is 4.36. The Morgan fingerprint density at radius 3 is 3.42 bits per heavy atom. The minimum absolute atomic E-state index is 0.520. The van der Waals surface area contributed by atoms with Crippen LogP contribution in [0.4, 0.5) is 0 Å². The van der Waals surface area contributed by atoms with Crippen molar-refractivity contribution in [3.8, 4) is 0 Å². The van der Waals surface area contributed by atoms with Crippen LogP contribution in [0.2, 0.25) is 0 Å². The first-order chi connectivity index (χ1) is 5.92. The molecule has 12 heavy (non-hydrogen) atoms. The maximum absolute atomic E-state index is 5.29. The molecule has 0 amide bonds. The Hall–Kier alpha value is -0.930. The molecule has 3 heteroatoms. The number of nitrogens with one attached hydrogen (secondary N) is 1. The van der Waals surface area contributed by atoms with Crippen LogP contribution >= 0.6 is 0 Å². The van der Waals surface area contributed by atoms with Crippen molar-refractivity contribution in [3.05, 3.63) is 29.6 Å². The molecule has 0 aromatic carbocycles. The second-order valence-corrected chi connectivity index (χ2v) is 3.19. The number of rotatable bonds is 2. The molecule has 1 aromatic heterocycles. The number of aromatic nitrogens is 1. The highest BCUT2D eigenvalue weighted by Gasteiger charge is 2.22. The van der Waals surface area contributed by atoms with E-state index in [0.717, 1.165) is 13.0 Å². The predicted octanol–water partition coefficient (Wildman–Crippen LogP) is 0.575. The molecular weight excluding hydrogens is 150 g/mol. The van der Waals surface area contributed by atoms with Crippen molar-refractivity contribution in [2.75, 3.05) is 6.54 Å². The smallest absolute Gasteiger partial charge is 0.0479 e. The van der Waals surface area contributed by atoms with Gasteiger partial charge in [-0.25, -0.2) is 0 Å². The van der Waals surface area contributed by atoms with Gasteiger partial charge in [-0.1, -0.05) is 6.07 Å². The molecule has 3 N–H and O–H groups in total. The van der Waals surface area contributed by atoms with Gasteiger partial charge < -0.3 is 0 Å². The minimum Gasteiger partial charge on any atom is -0.271 e. The van der Waals surface area contributed by atoms with E-state index in [2.05, 4.69) is 16.5 Å². The molecule has 1 heterocycles. The third-order valence-corrected chi connectivity index (χ3v) is 2.44. The average molecular weight is 163 g/mol. The van der Waals surface area contributed by atoms with Crippen LogP contribution in [0.25, 0.3) is 0 Å². The molecule has 1 aliphatic carbocycles. The van der Waals surface area contributed by atoms with Crippen LogP contribution in [0, 0.1) is 0 Å². The predicted molar refractivity (Wildman–Crippen MR) is 47.5 cm³/mol. The van der Waals surface area contributed by atoms with Crippen molar-refractivity contribution in [1.29, 1.82) is 0 Å². The highest BCUT2D eigenvalue weighted by molar-refractivity contribution is 5.28. The van der Waals surface area contributed by atoms with E-state index in [9.17, 15) is 0 Å². The number of hydrazine groups is 1. The summed E-state index contributed by atoms with van der Waals surface area (Å²) >= 11 is 0. The van der Waals surface area contributed by atoms with Crippen molar-refractivity contribution < 1.29 is 0 Å². The molecule has 1 atom stereocenters. The van der Waals surface area contributed by atoms with Crippen LogP contribution < -0.4 is 11.3 Å². The molecule has 0 aliphatic heterocycles. The Morgan fingerprint density at radius 1 is 1.67 bits per heavy atom. The van der Waals surface area contributed by atoms with Gasteiger partial charge in [0.15, 0.2) is 0 Å². The highest BCUT2D eigenvalue weighted by Crippen LogP contribution is 2.29. The van der Waals surface area contributed by atoms with E-state index in [1.807, 2.05) is 12.3 Å². The van der Waals surface area contributed by atoms with Gasteiger partial charge in [-0.3, -0.25) is 16.3 Å². The number of nitrogens with zero attached hydrogens (tertiary/aromatic N) is 1. The summed E-state index contributed by atoms with van der Waals surface area (Å²) in [5.74, 6) is 5.81. The lowest BCUT2D eigenvalue weighted by atomic mass is 10.1. The number of aryl methyl sites for hydroxylation is 1. The fourth-order valence-electron chi connectivity index (χ4n) is 1.84. The van der Waals surface area contributed by atoms with Gasteiger partial charge in [0.25, 0.3) is 0 Å². The molecular formula is C9H13N3. The quantitative estimate of drug-likeness (QED) is 0.495. The van der Waals surface area contributed by atoms with E-state index in [-0.39, 0.29) is 0 Å². The average Bonchev–Trinajstić information content (AvgIpc) is 2.50. The Bertz CT molecular complexity index is 270. The SMILES string of the molecule is NNCC1CCc2cccnc21. The molecule has 0 saturated heterocycles. The molecule has 64 valence electrons. The second kappa shape index (κ2) is 3.21. The van der Waals surface area contributed by atoms with Gasteiger partial charge in [0.1, 0.15) is 0 Å². The molecule has 0 saturated carbocycles. The van der Waals surface area contributed by atoms with Crippen LogP contribution in [0.5, 0.6) is 0 Å². The van der Waals surface area contributed by atoms with E-state index in [1.54, 1.807) is 0 Å². The van der Waals surface area contributed by atoms with E-state index in [0.29, 0.717) is 5.92 Å². The number of pyridine rings is 1. The Labute approximate surface area is 72.0 Å². The van der Waals surface area contributed by atoms with E-state index >= 15 is 0 Å². The summed E-state index contributed by atoms with van der Waals surface area (Å²) in [5.41, 5.74) is 5.33. The molecule has 0 fully saturated rings. The number of fused-ring (bicyclic) bond motifs is 1. The van der Waals surface area contributed by atoms with Crippen molar-refractivity contribution in [2.45, 2.75) is 18.8 Å². The van der Waals surface area contributed by atoms with Crippen LogP contribution in [-0.4, -0.2) is 11.5 Å². The summed E-state index contributed by atoms with van der Waals surface area (Å²) in [5, 5.41) is 0. The Kier molecular flexibility index (Phi) is 2.06. The lowest BCUT2D eigenvalue weighted by molar-refractivity contribution is 0.587. The summed E-state index contributed by atoms with van der Waals surface area (Å²) in [6.45, 7) is 0.837. The number of nitrogens with two attached hydrogens (primary N) is 1. The molecule has 1 aliphatic rings. The number of hydrogen-bond donors (Lipinski definition) is 2. The fraction of sp³-hybridized carbons (Fsp3) is 0.444. The highest BCUT2D eigenvalue weighted by atomic mass is 15.2. The van der Waals surface area contributed by atoms with Crippen LogP contribution in [0.1, 0.15) is 23.6 Å². The maximum atomic E-state index is 5.29. The van der Waals surface area contributed by atoms with Crippen molar-refractivity contribution in [2.24, 2.45) is 5.84 Å². The maximum Gasteiger partial charge on any atom is 0.0479 e. The molecule has 0 spiro atoms. The molecule has 0 radical (unpaired) electrons. The second-order valence-electron chi connectivity index (χ2n) is 3.19. The fourth-order valence-corrected chi connectivity index (χ4v) is 1.84. The van der Waals surface area contributed by atoms with Crippen molar-refractivity contribution in [1.82, 2.24) is 10.4 Å². The van der Waals surface area contributed by atoms with Gasteiger partial charge in [-0.05, 0) is 24.5 Å². The zero-order valence-electron chi connectivity index (χ0n) is 6.96. The van der Waals surface area contributed by atoms with Crippen LogP contribution in [-0.2, 0) is 6.42 Å². The van der Waals surface area contributed by atoms with Crippen molar-refractivity contribution in [3.63, 3.8) is 0 Å². The van der Waals surface area contributed by atoms with E-state index < -0.39 is 0 Å². The van der Waals surface area contributed by atoms with Gasteiger partial charge in [0.05, 0.1) is 0 Å². The zero-order valence-corrected chi connectivity index (χ0v) is 6.96. The zero-order chi connectivity index (χ0) is 8.39. The Balaban J connectivity index is 2.24. The van der Waals surface area contributed by atoms with Gasteiger partial charge >= 0.3 is 0 Å². The first kappa shape index (κ1) is 7.71. The largest absolute Gasteiger partial charge is 0.271 e. The first-order valence-corrected chi connectivity index (χ1v) is 4.29. The molecule has 2 rings (SSSR count). The van der Waals surface area contributed by atoms with Gasteiger partial charge in [-0.15, -0.1) is 0 Å². The van der Waals surface area contributed by atoms with Gasteiger partial charge in [0.2, 0.25) is 0 Å². The third-order valence-electron chi connectivity index (χ3n) is 2.44. The monoisotopic (exact) mass is 163 g/mol. The van der Waals surface area contributed by atoms with E-state index in [4.69, 9.17) is 5.84 Å². The lowest BCUT2D eigenvalue weighted by Gasteiger charge is -2.08. The molecule has 0 bridgehead atoms.